The van der Waals surface area contributed by atoms with Crippen LogP contribution in [-0.2, 0) is 11.2 Å². The molecular formula is C18H16FN3O2. The molecule has 0 atom stereocenters. The summed E-state index contributed by atoms with van der Waals surface area (Å²) in [6.45, 7) is 1.99. The molecule has 5 nitrogen and oxygen atoms in total. The Morgan fingerprint density at radius 1 is 1.21 bits per heavy atom. The maximum Gasteiger partial charge on any atom is 0.227 e. The number of anilines is 1. The minimum absolute atomic E-state index is 0.197. The molecule has 1 amide bonds. The van der Waals surface area contributed by atoms with Crippen molar-refractivity contribution in [1.82, 2.24) is 10.1 Å². The summed E-state index contributed by atoms with van der Waals surface area (Å²) in [4.78, 5) is 16.2. The van der Waals surface area contributed by atoms with E-state index in [-0.39, 0.29) is 18.1 Å². The number of amides is 1. The van der Waals surface area contributed by atoms with Gasteiger partial charge < -0.3 is 9.84 Å². The second kappa shape index (κ2) is 7.04. The summed E-state index contributed by atoms with van der Waals surface area (Å²) in [6.07, 6.45) is 0.540. The number of rotatable bonds is 5. The largest absolute Gasteiger partial charge is 0.339 e. The third-order valence-electron chi connectivity index (χ3n) is 3.44. The maximum absolute atomic E-state index is 12.8. The lowest BCUT2D eigenvalue weighted by Crippen LogP contribution is -2.12. The molecule has 0 spiro atoms. The molecule has 0 aliphatic rings. The molecule has 0 saturated carbocycles. The Kier molecular flexibility index (Phi) is 4.65. The number of nitrogens with one attached hydrogen (secondary N) is 1. The van der Waals surface area contributed by atoms with Crippen LogP contribution in [0.4, 0.5) is 10.1 Å². The average molecular weight is 325 g/mol. The maximum atomic E-state index is 12.8. The normalized spacial score (nSPS) is 10.6. The number of hydrogen-bond acceptors (Lipinski definition) is 4. The second-order valence-electron chi connectivity index (χ2n) is 5.44. The van der Waals surface area contributed by atoms with Gasteiger partial charge in [0.05, 0.1) is 0 Å². The minimum atomic E-state index is -0.345. The average Bonchev–Trinajstić information content (AvgIpc) is 3.04. The van der Waals surface area contributed by atoms with Crippen molar-refractivity contribution in [3.8, 4) is 11.4 Å². The Morgan fingerprint density at radius 3 is 2.75 bits per heavy atom. The zero-order valence-corrected chi connectivity index (χ0v) is 13.1. The molecule has 3 aromatic rings. The van der Waals surface area contributed by atoms with E-state index in [1.165, 1.54) is 24.3 Å². The van der Waals surface area contributed by atoms with Crippen LogP contribution in [0, 0.1) is 12.7 Å². The van der Waals surface area contributed by atoms with Gasteiger partial charge >= 0.3 is 0 Å². The van der Waals surface area contributed by atoms with Crippen molar-refractivity contribution in [3.63, 3.8) is 0 Å². The van der Waals surface area contributed by atoms with Crippen LogP contribution in [0.3, 0.4) is 0 Å². The summed E-state index contributed by atoms with van der Waals surface area (Å²) < 4.78 is 18.0. The van der Waals surface area contributed by atoms with Crippen LogP contribution in [0.2, 0.25) is 0 Å². The van der Waals surface area contributed by atoms with Gasteiger partial charge in [-0.05, 0) is 37.3 Å². The Labute approximate surface area is 138 Å². The fourth-order valence-corrected chi connectivity index (χ4v) is 2.23. The minimum Gasteiger partial charge on any atom is -0.339 e. The molecule has 0 unspecified atom stereocenters. The SMILES string of the molecule is Cc1cccc(-c2noc(CCC(=O)Nc3ccc(F)cc3)n2)c1. The number of halogens is 1. The standard InChI is InChI=1S/C18H16FN3O2/c1-12-3-2-4-13(11-12)18-21-17(24-22-18)10-9-16(23)20-15-7-5-14(19)6-8-15/h2-8,11H,9-10H2,1H3,(H,20,23). The lowest BCUT2D eigenvalue weighted by Gasteiger charge is -2.03. The van der Waals surface area contributed by atoms with E-state index < -0.39 is 0 Å². The first-order valence-corrected chi connectivity index (χ1v) is 7.55. The smallest absolute Gasteiger partial charge is 0.227 e. The quantitative estimate of drug-likeness (QED) is 0.775. The van der Waals surface area contributed by atoms with Gasteiger partial charge in [0.1, 0.15) is 5.82 Å². The summed E-state index contributed by atoms with van der Waals surface area (Å²) >= 11 is 0. The lowest BCUT2D eigenvalue weighted by atomic mass is 10.1. The van der Waals surface area contributed by atoms with E-state index in [4.69, 9.17) is 4.52 Å². The monoisotopic (exact) mass is 325 g/mol. The van der Waals surface area contributed by atoms with Gasteiger partial charge in [0, 0.05) is 24.1 Å². The molecular weight excluding hydrogens is 309 g/mol. The molecule has 1 aromatic heterocycles. The molecule has 6 heteroatoms. The molecule has 0 fully saturated rings. The van der Waals surface area contributed by atoms with Crippen molar-refractivity contribution in [2.75, 3.05) is 5.32 Å². The first-order chi connectivity index (χ1) is 11.6. The predicted molar refractivity (Wildman–Crippen MR) is 87.8 cm³/mol. The van der Waals surface area contributed by atoms with Crippen LogP contribution >= 0.6 is 0 Å². The van der Waals surface area contributed by atoms with Crippen LogP contribution in [0.25, 0.3) is 11.4 Å². The third-order valence-corrected chi connectivity index (χ3v) is 3.44. The van der Waals surface area contributed by atoms with Crippen molar-refractivity contribution in [3.05, 3.63) is 65.8 Å². The van der Waals surface area contributed by atoms with E-state index in [0.29, 0.717) is 23.8 Å². The van der Waals surface area contributed by atoms with E-state index in [0.717, 1.165) is 11.1 Å². The van der Waals surface area contributed by atoms with Gasteiger partial charge in [0.25, 0.3) is 0 Å². The van der Waals surface area contributed by atoms with Crippen molar-refractivity contribution in [2.45, 2.75) is 19.8 Å². The van der Waals surface area contributed by atoms with E-state index in [9.17, 15) is 9.18 Å². The predicted octanol–water partition coefficient (Wildman–Crippen LogP) is 3.76. The van der Waals surface area contributed by atoms with Crippen LogP contribution in [0.15, 0.2) is 53.1 Å². The topological polar surface area (TPSA) is 68.0 Å². The molecule has 1 heterocycles. The van der Waals surface area contributed by atoms with Gasteiger partial charge in [-0.3, -0.25) is 4.79 Å². The van der Waals surface area contributed by atoms with Crippen molar-refractivity contribution in [1.29, 1.82) is 0 Å². The molecule has 3 rings (SSSR count). The van der Waals surface area contributed by atoms with Crippen LogP contribution in [0.5, 0.6) is 0 Å². The van der Waals surface area contributed by atoms with E-state index in [1.807, 2.05) is 31.2 Å². The highest BCUT2D eigenvalue weighted by Crippen LogP contribution is 2.17. The molecule has 0 aliphatic heterocycles. The van der Waals surface area contributed by atoms with Gasteiger partial charge in [-0.15, -0.1) is 0 Å². The van der Waals surface area contributed by atoms with Crippen LogP contribution in [-0.4, -0.2) is 16.0 Å². The second-order valence-corrected chi connectivity index (χ2v) is 5.44. The van der Waals surface area contributed by atoms with Gasteiger partial charge in [-0.1, -0.05) is 28.9 Å². The van der Waals surface area contributed by atoms with E-state index >= 15 is 0 Å². The van der Waals surface area contributed by atoms with Crippen LogP contribution < -0.4 is 5.32 Å². The number of carbonyl (C=O) groups excluding carboxylic acids is 1. The highest BCUT2D eigenvalue weighted by Gasteiger charge is 2.11. The lowest BCUT2D eigenvalue weighted by molar-refractivity contribution is -0.116. The van der Waals surface area contributed by atoms with Crippen LogP contribution in [0.1, 0.15) is 17.9 Å². The van der Waals surface area contributed by atoms with Crippen molar-refractivity contribution in [2.24, 2.45) is 0 Å². The first kappa shape index (κ1) is 15.9. The zero-order chi connectivity index (χ0) is 16.9. The molecule has 122 valence electrons. The zero-order valence-electron chi connectivity index (χ0n) is 13.1. The highest BCUT2D eigenvalue weighted by atomic mass is 19.1. The number of hydrogen-bond donors (Lipinski definition) is 1. The van der Waals surface area contributed by atoms with Gasteiger partial charge in [0.2, 0.25) is 17.6 Å². The third kappa shape index (κ3) is 4.04. The fourth-order valence-electron chi connectivity index (χ4n) is 2.23. The number of aryl methyl sites for hydroxylation is 2. The molecule has 0 bridgehead atoms. The number of nitrogens with zero attached hydrogens (tertiary/aromatic N) is 2. The highest BCUT2D eigenvalue weighted by molar-refractivity contribution is 5.90. The number of benzene rings is 2. The summed E-state index contributed by atoms with van der Waals surface area (Å²) in [7, 11) is 0. The van der Waals surface area contributed by atoms with E-state index in [2.05, 4.69) is 15.5 Å². The molecule has 1 N–H and O–H groups in total. The van der Waals surface area contributed by atoms with Crippen molar-refractivity contribution < 1.29 is 13.7 Å². The summed E-state index contributed by atoms with van der Waals surface area (Å²) in [5, 5.41) is 6.63. The van der Waals surface area contributed by atoms with Gasteiger partial charge in [-0.2, -0.15) is 4.98 Å². The molecule has 24 heavy (non-hydrogen) atoms. The molecule has 0 saturated heterocycles. The Balaban J connectivity index is 1.57. The summed E-state index contributed by atoms with van der Waals surface area (Å²) in [6, 6.07) is 13.4. The Hall–Kier alpha value is -3.02. The fraction of sp³-hybridized carbons (Fsp3) is 0.167. The first-order valence-electron chi connectivity index (χ1n) is 7.55. The molecule has 2 aromatic carbocycles. The van der Waals surface area contributed by atoms with Gasteiger partial charge in [-0.25, -0.2) is 4.39 Å². The number of aromatic nitrogens is 2. The summed E-state index contributed by atoms with van der Waals surface area (Å²) in [5.41, 5.74) is 2.53. The van der Waals surface area contributed by atoms with Gasteiger partial charge in [0.15, 0.2) is 0 Å². The Bertz CT molecular complexity index is 843. The summed E-state index contributed by atoms with van der Waals surface area (Å²) in [5.74, 6) is 0.368. The molecule has 0 radical (unpaired) electrons. The van der Waals surface area contributed by atoms with E-state index in [1.54, 1.807) is 0 Å². The number of carbonyl (C=O) groups is 1. The molecule has 0 aliphatic carbocycles. The van der Waals surface area contributed by atoms with Crippen molar-refractivity contribution >= 4 is 11.6 Å². The Morgan fingerprint density at radius 2 is 2.00 bits per heavy atom.